The minimum atomic E-state index is -4.63. The minimum absolute atomic E-state index is 0.00367. The highest BCUT2D eigenvalue weighted by Crippen LogP contribution is 2.56. The summed E-state index contributed by atoms with van der Waals surface area (Å²) in [6.45, 7) is 0. The number of alkyl halides is 3. The zero-order valence-electron chi connectivity index (χ0n) is 19.5. The molecule has 1 aromatic carbocycles. The van der Waals surface area contributed by atoms with E-state index < -0.39 is 23.6 Å². The largest absolute Gasteiger partial charge is 0.474 e. The minimum Gasteiger partial charge on any atom is -0.474 e. The summed E-state index contributed by atoms with van der Waals surface area (Å²) in [5.41, 5.74) is 10.5. The second-order valence-corrected chi connectivity index (χ2v) is 9.25. The molecule has 1 aromatic heterocycles. The van der Waals surface area contributed by atoms with Gasteiger partial charge in [-0.1, -0.05) is 0 Å². The number of amides is 2. The van der Waals surface area contributed by atoms with Crippen molar-refractivity contribution in [2.24, 2.45) is 21.9 Å². The maximum atomic E-state index is 13.5. The summed E-state index contributed by atoms with van der Waals surface area (Å²) in [6.07, 6.45) is 2.07. The van der Waals surface area contributed by atoms with Gasteiger partial charge in [0.15, 0.2) is 0 Å². The predicted molar refractivity (Wildman–Crippen MR) is 127 cm³/mol. The summed E-state index contributed by atoms with van der Waals surface area (Å²) < 4.78 is 46.2. The van der Waals surface area contributed by atoms with Gasteiger partial charge in [-0.05, 0) is 67.0 Å². The summed E-state index contributed by atoms with van der Waals surface area (Å²) in [5, 5.41) is 2.83. The topological polar surface area (TPSA) is 133 Å². The number of benzene rings is 1. The first-order valence-electron chi connectivity index (χ1n) is 11.3. The number of carbonyl (C=O) groups is 2. The Hall–Kier alpha value is -3.89. The van der Waals surface area contributed by atoms with Crippen LogP contribution in [0.2, 0.25) is 0 Å². The fraction of sp³-hybridized carbons (Fsp3) is 0.360. The maximum Gasteiger partial charge on any atom is 0.416 e. The number of carbonyl (C=O) groups excluding carboxylic acids is 2. The number of allylic oxidation sites excluding steroid dienone is 1. The summed E-state index contributed by atoms with van der Waals surface area (Å²) >= 11 is 0. The number of aliphatic imine (C=N–C) groups is 1. The van der Waals surface area contributed by atoms with Crippen LogP contribution >= 0.6 is 0 Å². The maximum absolute atomic E-state index is 13.5. The number of nitrogens with one attached hydrogen (secondary N) is 1. The van der Waals surface area contributed by atoms with E-state index >= 15 is 0 Å². The Morgan fingerprint density at radius 3 is 2.50 bits per heavy atom. The molecule has 36 heavy (non-hydrogen) atoms. The smallest absolute Gasteiger partial charge is 0.416 e. The zero-order chi connectivity index (χ0) is 26.1. The van der Waals surface area contributed by atoms with Gasteiger partial charge in [0, 0.05) is 42.8 Å². The van der Waals surface area contributed by atoms with Crippen LogP contribution in [0.25, 0.3) is 5.57 Å². The molecule has 5 N–H and O–H groups in total. The third-order valence-electron chi connectivity index (χ3n) is 6.63. The van der Waals surface area contributed by atoms with Crippen LogP contribution in [0.5, 0.6) is 5.88 Å². The second kappa shape index (κ2) is 9.63. The van der Waals surface area contributed by atoms with Crippen LogP contribution in [0.1, 0.15) is 57.5 Å². The molecule has 8 nitrogen and oxygen atoms in total. The van der Waals surface area contributed by atoms with Crippen molar-refractivity contribution in [3.05, 3.63) is 65.0 Å². The molecule has 2 saturated carbocycles. The van der Waals surface area contributed by atoms with Crippen molar-refractivity contribution >= 4 is 23.6 Å². The number of aromatic nitrogens is 1. The molecule has 0 radical (unpaired) electrons. The molecule has 0 atom stereocenters. The number of hydrogen-bond donors (Lipinski definition) is 3. The average molecular weight is 502 g/mol. The van der Waals surface area contributed by atoms with Crippen molar-refractivity contribution in [3.8, 4) is 5.88 Å². The molecule has 2 fully saturated rings. The van der Waals surface area contributed by atoms with Gasteiger partial charge in [-0.15, -0.1) is 0 Å². The molecule has 0 aliphatic heterocycles. The number of nitrogens with zero attached hydrogens (tertiary/aromatic N) is 2. The molecule has 11 heteroatoms. The van der Waals surface area contributed by atoms with E-state index in [1.807, 2.05) is 0 Å². The first kappa shape index (κ1) is 25.2. The van der Waals surface area contributed by atoms with Crippen LogP contribution in [-0.4, -0.2) is 42.2 Å². The molecular formula is C25H26F3N5O3. The molecule has 0 bridgehead atoms. The Kier molecular flexibility index (Phi) is 6.75. The average Bonchev–Trinajstić information content (AvgIpc) is 2.78. The van der Waals surface area contributed by atoms with Crippen LogP contribution < -0.4 is 21.5 Å². The number of primary amides is 1. The van der Waals surface area contributed by atoms with Crippen molar-refractivity contribution < 1.29 is 27.5 Å². The van der Waals surface area contributed by atoms with E-state index in [4.69, 9.17) is 16.2 Å². The second-order valence-electron chi connectivity index (χ2n) is 9.25. The highest BCUT2D eigenvalue weighted by atomic mass is 19.4. The van der Waals surface area contributed by atoms with Crippen LogP contribution in [-0.2, 0) is 6.18 Å². The molecule has 2 aliphatic carbocycles. The van der Waals surface area contributed by atoms with Gasteiger partial charge in [0.2, 0.25) is 5.88 Å². The molecule has 1 heterocycles. The van der Waals surface area contributed by atoms with Gasteiger partial charge in [-0.25, -0.2) is 4.98 Å². The van der Waals surface area contributed by atoms with Crippen LogP contribution in [0.4, 0.5) is 13.2 Å². The van der Waals surface area contributed by atoms with Gasteiger partial charge in [0.05, 0.1) is 5.56 Å². The highest BCUT2D eigenvalue weighted by molar-refractivity contribution is 6.10. The van der Waals surface area contributed by atoms with E-state index in [9.17, 15) is 22.8 Å². The van der Waals surface area contributed by atoms with Crippen molar-refractivity contribution in [1.29, 1.82) is 0 Å². The Balaban J connectivity index is 1.38. The summed E-state index contributed by atoms with van der Waals surface area (Å²) in [4.78, 5) is 32.3. The first-order chi connectivity index (χ1) is 17.0. The predicted octanol–water partition coefficient (Wildman–Crippen LogP) is 3.32. The fourth-order valence-electron chi connectivity index (χ4n) is 4.95. The molecule has 0 unspecified atom stereocenters. The molecule has 190 valence electrons. The lowest BCUT2D eigenvalue weighted by atomic mass is 9.53. The number of hydrogen-bond acceptors (Lipinski definition) is 6. The van der Waals surface area contributed by atoms with Crippen LogP contribution in [0.3, 0.4) is 0 Å². The van der Waals surface area contributed by atoms with Crippen LogP contribution in [0.15, 0.2) is 47.7 Å². The van der Waals surface area contributed by atoms with E-state index in [0.29, 0.717) is 12.8 Å². The Morgan fingerprint density at radius 2 is 1.89 bits per heavy atom. The van der Waals surface area contributed by atoms with Gasteiger partial charge in [0.1, 0.15) is 11.7 Å². The monoisotopic (exact) mass is 501 g/mol. The standard InChI is InChI=1S/C25H26F3N5O3/c1-31-13-16(12-29)14-5-15(7-17(6-14)25(26,27)28)22(35)33-18-8-24(9-18)10-19(11-24)36-23-20(21(30)34)3-2-4-32-23/h2-7,12-13,18-19H,8-11,29H2,1H3,(H2,30,34)(H,33,35). The van der Waals surface area contributed by atoms with Crippen molar-refractivity contribution in [2.75, 3.05) is 7.05 Å². The quantitative estimate of drug-likeness (QED) is 0.501. The SMILES string of the molecule is CN=CC(=CN)c1cc(C(=O)NC2CC3(C2)CC(Oc2ncccc2C(N)=O)C3)cc(C(F)(F)F)c1. The van der Waals surface area contributed by atoms with E-state index in [1.165, 1.54) is 25.5 Å². The third-order valence-corrected chi connectivity index (χ3v) is 6.63. The van der Waals surface area contributed by atoms with Gasteiger partial charge in [-0.3, -0.25) is 14.6 Å². The van der Waals surface area contributed by atoms with E-state index in [2.05, 4.69) is 15.3 Å². The number of pyridine rings is 1. The van der Waals surface area contributed by atoms with Gasteiger partial charge >= 0.3 is 6.18 Å². The van der Waals surface area contributed by atoms with E-state index in [1.54, 1.807) is 12.1 Å². The van der Waals surface area contributed by atoms with Crippen LogP contribution in [0, 0.1) is 5.41 Å². The summed E-state index contributed by atoms with van der Waals surface area (Å²) in [6, 6.07) is 6.14. The molecule has 2 aliphatic rings. The Bertz CT molecular complexity index is 1230. The molecule has 2 amide bonds. The van der Waals surface area contributed by atoms with Crippen molar-refractivity contribution in [3.63, 3.8) is 0 Å². The lowest BCUT2D eigenvalue weighted by Gasteiger charge is -2.57. The lowest BCUT2D eigenvalue weighted by molar-refractivity contribution is -0.137. The van der Waals surface area contributed by atoms with Gasteiger partial charge < -0.3 is 21.5 Å². The van der Waals surface area contributed by atoms with Gasteiger partial charge in [-0.2, -0.15) is 13.2 Å². The Labute approximate surface area is 205 Å². The molecule has 0 saturated heterocycles. The molecular weight excluding hydrogens is 475 g/mol. The fourth-order valence-corrected chi connectivity index (χ4v) is 4.95. The molecule has 1 spiro atoms. The Morgan fingerprint density at radius 1 is 1.19 bits per heavy atom. The zero-order valence-corrected chi connectivity index (χ0v) is 19.5. The van der Waals surface area contributed by atoms with Crippen molar-refractivity contribution in [1.82, 2.24) is 10.3 Å². The van der Waals surface area contributed by atoms with E-state index in [0.717, 1.165) is 31.2 Å². The molecule has 4 rings (SSSR count). The lowest BCUT2D eigenvalue weighted by Crippen LogP contribution is -2.58. The number of ether oxygens (including phenoxy) is 1. The molecule has 2 aromatic rings. The summed E-state index contributed by atoms with van der Waals surface area (Å²) in [5.74, 6) is -1.00. The highest BCUT2D eigenvalue weighted by Gasteiger charge is 2.54. The number of rotatable bonds is 7. The number of halogens is 3. The summed E-state index contributed by atoms with van der Waals surface area (Å²) in [7, 11) is 1.47. The first-order valence-corrected chi connectivity index (χ1v) is 11.3. The van der Waals surface area contributed by atoms with Gasteiger partial charge in [0.25, 0.3) is 11.8 Å². The third kappa shape index (κ3) is 5.19. The normalized spacial score (nSPS) is 23.7. The van der Waals surface area contributed by atoms with Crippen molar-refractivity contribution in [2.45, 2.75) is 44.0 Å². The number of nitrogens with two attached hydrogens (primary N) is 2. The van der Waals surface area contributed by atoms with E-state index in [-0.39, 0.29) is 45.7 Å².